The zero-order valence-electron chi connectivity index (χ0n) is 30.8. The topological polar surface area (TPSA) is 198 Å². The van der Waals surface area contributed by atoms with Gasteiger partial charge in [-0.25, -0.2) is 5.43 Å². The van der Waals surface area contributed by atoms with Crippen LogP contribution in [0.5, 0.6) is 5.75 Å². The summed E-state index contributed by atoms with van der Waals surface area (Å²) in [5, 5.41) is 47.9. The van der Waals surface area contributed by atoms with Crippen LogP contribution >= 0.6 is 0 Å². The lowest BCUT2D eigenvalue weighted by molar-refractivity contribution is -0.156. The van der Waals surface area contributed by atoms with E-state index in [9.17, 15) is 39.6 Å². The molecule has 2 heterocycles. The van der Waals surface area contributed by atoms with Gasteiger partial charge in [-0.3, -0.25) is 24.2 Å². The Hall–Kier alpha value is -4.30. The SMILES string of the molecule is C/C(=C\CO)[C@@H]1C/C=C/C=C/C=C(\C)[C@@H](O)[C@@H](CCC(C)O)C(=O)N[C@@H](C(C)C)C(=O)N[C@@H](Cc2cccc(O)c2)C(=O)N2CCC[C@H](N2)C(=O)O1. The van der Waals surface area contributed by atoms with Gasteiger partial charge in [-0.2, -0.15) is 0 Å². The molecule has 1 aromatic rings. The van der Waals surface area contributed by atoms with Gasteiger partial charge in [-0.05, 0) is 81.2 Å². The number of aliphatic hydroxyl groups excluding tert-OH is 3. The minimum atomic E-state index is -1.23. The fourth-order valence-corrected chi connectivity index (χ4v) is 6.13. The Kier molecular flexibility index (Phi) is 16.7. The predicted molar refractivity (Wildman–Crippen MR) is 196 cm³/mol. The molecule has 1 saturated heterocycles. The summed E-state index contributed by atoms with van der Waals surface area (Å²) >= 11 is 0. The van der Waals surface area contributed by atoms with Crippen LogP contribution in [-0.2, 0) is 30.3 Å². The summed E-state index contributed by atoms with van der Waals surface area (Å²) in [7, 11) is 0. The van der Waals surface area contributed by atoms with E-state index in [1.807, 2.05) is 0 Å². The number of amides is 3. The van der Waals surface area contributed by atoms with Gasteiger partial charge in [-0.15, -0.1) is 0 Å². The van der Waals surface area contributed by atoms with E-state index in [0.29, 0.717) is 36.0 Å². The number of nitrogens with zero attached hydrogens (tertiary/aromatic N) is 1. The molecule has 3 rings (SSSR count). The molecule has 52 heavy (non-hydrogen) atoms. The molecule has 7 N–H and O–H groups in total. The second kappa shape index (κ2) is 20.7. The van der Waals surface area contributed by atoms with Gasteiger partial charge in [0, 0.05) is 19.4 Å². The van der Waals surface area contributed by atoms with Crippen molar-refractivity contribution in [1.29, 1.82) is 0 Å². The molecule has 1 aromatic carbocycles. The minimum absolute atomic E-state index is 0.00216. The van der Waals surface area contributed by atoms with Crippen LogP contribution in [0.4, 0.5) is 0 Å². The van der Waals surface area contributed by atoms with Gasteiger partial charge in [0.15, 0.2) is 0 Å². The number of cyclic esters (lactones) is 1. The fourth-order valence-electron chi connectivity index (χ4n) is 6.13. The highest BCUT2D eigenvalue weighted by atomic mass is 16.5. The number of rotatable bonds is 8. The number of phenols is 1. The van der Waals surface area contributed by atoms with Crippen molar-refractivity contribution in [3.05, 3.63) is 77.4 Å². The van der Waals surface area contributed by atoms with Crippen LogP contribution in [0.2, 0.25) is 0 Å². The second-order valence-corrected chi connectivity index (χ2v) is 14.0. The van der Waals surface area contributed by atoms with Crippen LogP contribution in [0, 0.1) is 11.8 Å². The Balaban J connectivity index is 2.06. The molecule has 0 radical (unpaired) electrons. The Bertz CT molecular complexity index is 1500. The molecule has 0 spiro atoms. The highest BCUT2D eigenvalue weighted by Crippen LogP contribution is 2.22. The van der Waals surface area contributed by atoms with E-state index in [1.165, 1.54) is 17.1 Å². The zero-order chi connectivity index (χ0) is 38.4. The van der Waals surface area contributed by atoms with Crippen molar-refractivity contribution in [2.45, 2.75) is 110 Å². The summed E-state index contributed by atoms with van der Waals surface area (Å²) in [4.78, 5) is 55.4. The molecule has 7 atom stereocenters. The lowest BCUT2D eigenvalue weighted by Gasteiger charge is -2.36. The van der Waals surface area contributed by atoms with Crippen LogP contribution in [0.1, 0.15) is 72.3 Å². The maximum Gasteiger partial charge on any atom is 0.325 e. The van der Waals surface area contributed by atoms with Gasteiger partial charge in [-0.1, -0.05) is 62.4 Å². The summed E-state index contributed by atoms with van der Waals surface area (Å²) in [6.07, 6.45) is 9.14. The number of nitrogens with one attached hydrogen (secondary N) is 3. The van der Waals surface area contributed by atoms with Crippen LogP contribution in [0.3, 0.4) is 0 Å². The first kappa shape index (κ1) is 42.1. The number of benzene rings is 1. The number of carbonyl (C=O) groups is 4. The average molecular weight is 725 g/mol. The molecule has 0 saturated carbocycles. The number of carbonyl (C=O) groups excluding carboxylic acids is 4. The Labute approximate surface area is 306 Å². The number of esters is 1. The molecule has 286 valence electrons. The van der Waals surface area contributed by atoms with Crippen LogP contribution in [-0.4, -0.2) is 98.7 Å². The van der Waals surface area contributed by atoms with E-state index in [1.54, 1.807) is 83.2 Å². The normalized spacial score (nSPS) is 29.1. The predicted octanol–water partition coefficient (Wildman–Crippen LogP) is 2.51. The number of allylic oxidation sites excluding steroid dienone is 4. The summed E-state index contributed by atoms with van der Waals surface area (Å²) < 4.78 is 5.89. The van der Waals surface area contributed by atoms with E-state index in [-0.39, 0.29) is 38.2 Å². The van der Waals surface area contributed by atoms with Gasteiger partial charge < -0.3 is 35.8 Å². The molecule has 13 nitrogen and oxygen atoms in total. The first-order valence-corrected chi connectivity index (χ1v) is 18.0. The number of hydrogen-bond acceptors (Lipinski definition) is 10. The highest BCUT2D eigenvalue weighted by molar-refractivity contribution is 5.93. The van der Waals surface area contributed by atoms with Crippen molar-refractivity contribution < 1.29 is 44.3 Å². The van der Waals surface area contributed by atoms with Crippen molar-refractivity contribution in [3.63, 3.8) is 0 Å². The van der Waals surface area contributed by atoms with Crippen molar-refractivity contribution >= 4 is 23.7 Å². The Morgan fingerprint density at radius 2 is 1.83 bits per heavy atom. The largest absolute Gasteiger partial charge is 0.508 e. The maximum absolute atomic E-state index is 14.2. The Morgan fingerprint density at radius 3 is 2.50 bits per heavy atom. The van der Waals surface area contributed by atoms with E-state index in [2.05, 4.69) is 16.1 Å². The van der Waals surface area contributed by atoms with E-state index in [0.717, 1.165) is 0 Å². The molecule has 0 aromatic heterocycles. The number of phenolic OH excluding ortho intramolecular Hbond substituents is 1. The van der Waals surface area contributed by atoms with Gasteiger partial charge in [0.05, 0.1) is 24.7 Å². The molecular weight excluding hydrogens is 668 g/mol. The van der Waals surface area contributed by atoms with Crippen LogP contribution in [0.15, 0.2) is 71.9 Å². The summed E-state index contributed by atoms with van der Waals surface area (Å²) in [6.45, 7) is 8.54. The van der Waals surface area contributed by atoms with Gasteiger partial charge in [0.25, 0.3) is 5.91 Å². The van der Waals surface area contributed by atoms with Crippen molar-refractivity contribution in [1.82, 2.24) is 21.1 Å². The quantitative estimate of drug-likeness (QED) is 0.155. The summed E-state index contributed by atoms with van der Waals surface area (Å²) in [5.41, 5.74) is 4.69. The molecule has 2 bridgehead atoms. The third-order valence-corrected chi connectivity index (χ3v) is 9.28. The number of aliphatic hydroxyl groups is 3. The minimum Gasteiger partial charge on any atom is -0.508 e. The lowest BCUT2D eigenvalue weighted by Crippen LogP contribution is -2.62. The smallest absolute Gasteiger partial charge is 0.325 e. The Morgan fingerprint density at radius 1 is 1.08 bits per heavy atom. The molecule has 0 aliphatic carbocycles. The monoisotopic (exact) mass is 724 g/mol. The van der Waals surface area contributed by atoms with Crippen LogP contribution < -0.4 is 16.1 Å². The van der Waals surface area contributed by atoms with Gasteiger partial charge >= 0.3 is 5.97 Å². The zero-order valence-corrected chi connectivity index (χ0v) is 30.8. The molecule has 13 heteroatoms. The molecule has 3 amide bonds. The van der Waals surface area contributed by atoms with Crippen molar-refractivity contribution in [2.75, 3.05) is 13.2 Å². The van der Waals surface area contributed by atoms with Crippen molar-refractivity contribution in [2.24, 2.45) is 11.8 Å². The first-order valence-electron chi connectivity index (χ1n) is 18.0. The third-order valence-electron chi connectivity index (χ3n) is 9.28. The molecule has 2 aliphatic heterocycles. The highest BCUT2D eigenvalue weighted by Gasteiger charge is 2.37. The first-order chi connectivity index (χ1) is 24.7. The number of hydrazine groups is 1. The van der Waals surface area contributed by atoms with Gasteiger partial charge in [0.2, 0.25) is 11.8 Å². The third kappa shape index (κ3) is 12.7. The average Bonchev–Trinajstić information content (AvgIpc) is 3.10. The summed E-state index contributed by atoms with van der Waals surface area (Å²) in [5.74, 6) is -3.73. The number of ether oxygens (including phenoxy) is 1. The standard InChI is InChI=1S/C39H56N4O9/c1-24(2)34-37(49)40-32(23-28-13-10-14-29(46)22-28)38(50)43-20-11-15-31(42-43)39(51)52-33(25(3)19-21-44)16-9-7-6-8-12-26(4)35(47)30(36(48)41-34)18-17-27(5)45/h6-10,12-14,19,22,24,27,30-35,42,44-47H,11,15-18,20-21,23H2,1-5H3,(H,40,49)(H,41,48)/b8-6+,9-7+,25-19+,26-12+/t27?,30-,31+,32+,33+,34+,35-/m1/s1. The van der Waals surface area contributed by atoms with E-state index < -0.39 is 72.0 Å². The number of aromatic hydroxyl groups is 1. The molecule has 2 aliphatic rings. The van der Waals surface area contributed by atoms with Crippen LogP contribution in [0.25, 0.3) is 0 Å². The lowest BCUT2D eigenvalue weighted by atomic mass is 9.89. The maximum atomic E-state index is 14.2. The fraction of sp³-hybridized carbons (Fsp3) is 0.538. The molecule has 1 unspecified atom stereocenters. The van der Waals surface area contributed by atoms with E-state index in [4.69, 9.17) is 4.74 Å². The number of hydrogen-bond donors (Lipinski definition) is 7. The molecule has 1 fully saturated rings. The van der Waals surface area contributed by atoms with E-state index >= 15 is 0 Å². The second-order valence-electron chi connectivity index (χ2n) is 14.0. The summed E-state index contributed by atoms with van der Waals surface area (Å²) in [6, 6.07) is 3.20. The van der Waals surface area contributed by atoms with Crippen molar-refractivity contribution in [3.8, 4) is 5.75 Å². The number of fused-ring (bicyclic) bond motifs is 2. The molecular formula is C39H56N4O9. The van der Waals surface area contributed by atoms with Gasteiger partial charge in [0.1, 0.15) is 30.0 Å².